The maximum Gasteiger partial charge on any atom is 0.225 e. The van der Waals surface area contributed by atoms with Gasteiger partial charge >= 0.3 is 0 Å². The number of benzene rings is 1. The molecule has 0 spiro atoms. The Balaban J connectivity index is 2.90. The molecule has 116 valence electrons. The van der Waals surface area contributed by atoms with E-state index in [9.17, 15) is 9.59 Å². The summed E-state index contributed by atoms with van der Waals surface area (Å²) < 4.78 is 0. The van der Waals surface area contributed by atoms with Crippen LogP contribution in [0, 0.1) is 11.3 Å². The fourth-order valence-corrected chi connectivity index (χ4v) is 2.34. The van der Waals surface area contributed by atoms with E-state index in [1.54, 1.807) is 0 Å². The van der Waals surface area contributed by atoms with E-state index in [0.717, 1.165) is 12.8 Å². The Kier molecular flexibility index (Phi) is 6.13. The molecule has 3 heteroatoms. The highest BCUT2D eigenvalue weighted by atomic mass is 16.2. The number of Topliss-reactive ketones (excluding diaryl/α,β-unsaturated/α-hetero) is 1. The summed E-state index contributed by atoms with van der Waals surface area (Å²) in [6.07, 6.45) is 1.47. The van der Waals surface area contributed by atoms with Crippen molar-refractivity contribution in [3.05, 3.63) is 35.9 Å². The molecule has 1 N–H and O–H groups in total. The van der Waals surface area contributed by atoms with Gasteiger partial charge in [-0.25, -0.2) is 0 Å². The highest BCUT2D eigenvalue weighted by molar-refractivity contribution is 5.98. The molecular weight excluding hydrogens is 262 g/mol. The molecule has 0 saturated carbocycles. The molecule has 0 aromatic heterocycles. The first-order valence-corrected chi connectivity index (χ1v) is 7.71. The zero-order chi connectivity index (χ0) is 16.0. The minimum atomic E-state index is -0.443. The number of hydrogen-bond acceptors (Lipinski definition) is 2. The summed E-state index contributed by atoms with van der Waals surface area (Å²) in [7, 11) is 0. The van der Waals surface area contributed by atoms with Crippen LogP contribution in [-0.4, -0.2) is 17.7 Å². The van der Waals surface area contributed by atoms with Crippen molar-refractivity contribution < 1.29 is 9.59 Å². The van der Waals surface area contributed by atoms with Crippen molar-refractivity contribution in [1.82, 2.24) is 5.32 Å². The molecule has 0 aliphatic rings. The molecule has 1 aromatic rings. The molecule has 1 rings (SSSR count). The molecule has 0 heterocycles. The standard InChI is InChI=1S/C18H27NO2/c1-6-14(16(20)13-11-9-8-10-12-13)15(7-2)19-17(21)18(3,4)5/h8-12,14-15H,6-7H2,1-5H3,(H,19,21). The molecule has 1 aromatic carbocycles. The normalized spacial score (nSPS) is 14.3. The smallest absolute Gasteiger partial charge is 0.225 e. The SMILES string of the molecule is CCC(NC(=O)C(C)(C)C)C(CC)C(=O)c1ccccc1. The van der Waals surface area contributed by atoms with E-state index in [1.165, 1.54) is 0 Å². The first kappa shape index (κ1) is 17.4. The summed E-state index contributed by atoms with van der Waals surface area (Å²) in [6, 6.07) is 9.20. The van der Waals surface area contributed by atoms with Gasteiger partial charge in [-0.1, -0.05) is 65.0 Å². The Hall–Kier alpha value is -1.64. The molecule has 0 radical (unpaired) electrons. The van der Waals surface area contributed by atoms with Crippen molar-refractivity contribution in [2.24, 2.45) is 11.3 Å². The predicted molar refractivity (Wildman–Crippen MR) is 86.2 cm³/mol. The van der Waals surface area contributed by atoms with Crippen LogP contribution in [0.5, 0.6) is 0 Å². The summed E-state index contributed by atoms with van der Waals surface area (Å²) >= 11 is 0. The van der Waals surface area contributed by atoms with Gasteiger partial charge in [-0.05, 0) is 12.8 Å². The molecule has 2 unspecified atom stereocenters. The van der Waals surface area contributed by atoms with Crippen molar-refractivity contribution in [2.45, 2.75) is 53.5 Å². The van der Waals surface area contributed by atoms with Gasteiger partial charge in [0.05, 0.1) is 0 Å². The van der Waals surface area contributed by atoms with Gasteiger partial charge < -0.3 is 5.32 Å². The minimum Gasteiger partial charge on any atom is -0.352 e. The largest absolute Gasteiger partial charge is 0.352 e. The lowest BCUT2D eigenvalue weighted by molar-refractivity contribution is -0.129. The Morgan fingerprint density at radius 1 is 1.05 bits per heavy atom. The summed E-state index contributed by atoms with van der Waals surface area (Å²) in [5.74, 6) is -0.0727. The third-order valence-corrected chi connectivity index (χ3v) is 3.76. The fourth-order valence-electron chi connectivity index (χ4n) is 2.34. The highest BCUT2D eigenvalue weighted by Crippen LogP contribution is 2.21. The van der Waals surface area contributed by atoms with E-state index < -0.39 is 5.41 Å². The zero-order valence-corrected chi connectivity index (χ0v) is 13.8. The van der Waals surface area contributed by atoms with Crippen LogP contribution in [0.15, 0.2) is 30.3 Å². The van der Waals surface area contributed by atoms with Crippen LogP contribution in [0.2, 0.25) is 0 Å². The van der Waals surface area contributed by atoms with Gasteiger partial charge in [-0.15, -0.1) is 0 Å². The number of amides is 1. The quantitative estimate of drug-likeness (QED) is 0.809. The van der Waals surface area contributed by atoms with Gasteiger partial charge in [0.25, 0.3) is 0 Å². The number of nitrogens with one attached hydrogen (secondary N) is 1. The Morgan fingerprint density at radius 2 is 1.62 bits per heavy atom. The van der Waals surface area contributed by atoms with Gasteiger partial charge in [0.1, 0.15) is 0 Å². The summed E-state index contributed by atoms with van der Waals surface area (Å²) in [4.78, 5) is 24.8. The van der Waals surface area contributed by atoms with Crippen molar-refractivity contribution in [3.63, 3.8) is 0 Å². The Morgan fingerprint density at radius 3 is 2.05 bits per heavy atom. The molecular formula is C18H27NO2. The van der Waals surface area contributed by atoms with Crippen LogP contribution in [0.25, 0.3) is 0 Å². The van der Waals surface area contributed by atoms with E-state index in [4.69, 9.17) is 0 Å². The lowest BCUT2D eigenvalue weighted by Crippen LogP contribution is -2.47. The second-order valence-corrected chi connectivity index (χ2v) is 6.48. The monoisotopic (exact) mass is 289 g/mol. The lowest BCUT2D eigenvalue weighted by atomic mass is 9.86. The van der Waals surface area contributed by atoms with Crippen LogP contribution in [0.1, 0.15) is 57.8 Å². The third kappa shape index (κ3) is 4.69. The average Bonchev–Trinajstić information content (AvgIpc) is 2.46. The van der Waals surface area contributed by atoms with Gasteiger partial charge in [-0.3, -0.25) is 9.59 Å². The molecule has 0 fully saturated rings. The molecule has 1 amide bonds. The summed E-state index contributed by atoms with van der Waals surface area (Å²) in [6.45, 7) is 9.66. The van der Waals surface area contributed by atoms with E-state index in [-0.39, 0.29) is 23.7 Å². The van der Waals surface area contributed by atoms with Crippen molar-refractivity contribution in [2.75, 3.05) is 0 Å². The molecule has 0 saturated heterocycles. The van der Waals surface area contributed by atoms with Crippen LogP contribution in [-0.2, 0) is 4.79 Å². The number of carbonyl (C=O) groups is 2. The minimum absolute atomic E-state index is 0.00587. The Labute approximate surface area is 128 Å². The first-order valence-electron chi connectivity index (χ1n) is 7.71. The summed E-state index contributed by atoms with van der Waals surface area (Å²) in [5.41, 5.74) is 0.273. The van der Waals surface area contributed by atoms with Gasteiger partial charge in [0.2, 0.25) is 5.91 Å². The molecule has 2 atom stereocenters. The van der Waals surface area contributed by atoms with E-state index in [0.29, 0.717) is 5.56 Å². The molecule has 0 aliphatic carbocycles. The van der Waals surface area contributed by atoms with Gasteiger partial charge in [0.15, 0.2) is 5.78 Å². The van der Waals surface area contributed by atoms with Crippen LogP contribution >= 0.6 is 0 Å². The number of hydrogen-bond donors (Lipinski definition) is 1. The van der Waals surface area contributed by atoms with Crippen LogP contribution in [0.3, 0.4) is 0 Å². The maximum atomic E-state index is 12.7. The van der Waals surface area contributed by atoms with E-state index >= 15 is 0 Å². The van der Waals surface area contributed by atoms with E-state index in [1.807, 2.05) is 65.0 Å². The van der Waals surface area contributed by atoms with Crippen molar-refractivity contribution >= 4 is 11.7 Å². The average molecular weight is 289 g/mol. The molecule has 3 nitrogen and oxygen atoms in total. The third-order valence-electron chi connectivity index (χ3n) is 3.76. The second-order valence-electron chi connectivity index (χ2n) is 6.48. The summed E-state index contributed by atoms with van der Waals surface area (Å²) in [5, 5.41) is 3.05. The van der Waals surface area contributed by atoms with Crippen molar-refractivity contribution in [3.8, 4) is 0 Å². The van der Waals surface area contributed by atoms with Crippen LogP contribution in [0.4, 0.5) is 0 Å². The maximum absolute atomic E-state index is 12.7. The highest BCUT2D eigenvalue weighted by Gasteiger charge is 2.30. The topological polar surface area (TPSA) is 46.2 Å². The number of carbonyl (C=O) groups excluding carboxylic acids is 2. The molecule has 0 bridgehead atoms. The molecule has 21 heavy (non-hydrogen) atoms. The van der Waals surface area contributed by atoms with Crippen molar-refractivity contribution in [1.29, 1.82) is 0 Å². The van der Waals surface area contributed by atoms with Crippen LogP contribution < -0.4 is 5.32 Å². The second kappa shape index (κ2) is 7.39. The molecule has 0 aliphatic heterocycles. The number of rotatable bonds is 6. The fraction of sp³-hybridized carbons (Fsp3) is 0.556. The predicted octanol–water partition coefficient (Wildman–Crippen LogP) is 3.84. The van der Waals surface area contributed by atoms with Gasteiger partial charge in [0, 0.05) is 22.9 Å². The van der Waals surface area contributed by atoms with Gasteiger partial charge in [-0.2, -0.15) is 0 Å². The lowest BCUT2D eigenvalue weighted by Gasteiger charge is -2.28. The number of ketones is 1. The Bertz CT molecular complexity index is 474. The zero-order valence-electron chi connectivity index (χ0n) is 13.8. The van der Waals surface area contributed by atoms with E-state index in [2.05, 4.69) is 5.32 Å². The first-order chi connectivity index (χ1) is 9.81.